The van der Waals surface area contributed by atoms with Crippen molar-refractivity contribution in [3.63, 3.8) is 0 Å². The number of nitrogens with two attached hydrogens (primary N) is 1. The summed E-state index contributed by atoms with van der Waals surface area (Å²) in [6, 6.07) is 2.85. The van der Waals surface area contributed by atoms with Gasteiger partial charge in [-0.25, -0.2) is 0 Å². The summed E-state index contributed by atoms with van der Waals surface area (Å²) < 4.78 is 37.6. The molecular weight excluding hydrogens is 224 g/mol. The first-order valence-electron chi connectivity index (χ1n) is 4.17. The van der Waals surface area contributed by atoms with Crippen LogP contribution in [0.3, 0.4) is 0 Å². The molecule has 4 N–H and O–H groups in total. The molecule has 0 aliphatic heterocycles. The fourth-order valence-electron chi connectivity index (χ4n) is 1.17. The lowest BCUT2D eigenvalue weighted by molar-refractivity contribution is -0.137. The maximum atomic E-state index is 12.5. The quantitative estimate of drug-likeness (QED) is 0.283. The largest absolute Gasteiger partial charge is 0.488 e. The van der Waals surface area contributed by atoms with Gasteiger partial charge in [0.2, 0.25) is 0 Å². The van der Waals surface area contributed by atoms with E-state index in [-0.39, 0.29) is 11.0 Å². The van der Waals surface area contributed by atoms with Gasteiger partial charge in [0.15, 0.2) is 0 Å². The van der Waals surface area contributed by atoms with Gasteiger partial charge in [0, 0.05) is 5.56 Å². The molecule has 0 heterocycles. The number of alkyl halides is 3. The van der Waals surface area contributed by atoms with E-state index in [0.29, 0.717) is 6.07 Å². The van der Waals surface area contributed by atoms with Gasteiger partial charge in [0.1, 0.15) is 0 Å². The number of halogens is 3. The minimum Gasteiger partial charge on any atom is -0.423 e. The van der Waals surface area contributed by atoms with E-state index >= 15 is 0 Å². The third-order valence-electron chi connectivity index (χ3n) is 1.89. The van der Waals surface area contributed by atoms with Crippen LogP contribution in [-0.4, -0.2) is 23.4 Å². The van der Waals surface area contributed by atoms with Crippen LogP contribution in [0.25, 0.3) is 0 Å². The Hall–Kier alpha value is -1.54. The molecule has 0 aromatic heterocycles. The Morgan fingerprint density at radius 3 is 2.38 bits per heavy atom. The summed E-state index contributed by atoms with van der Waals surface area (Å²) in [5.74, 6) is 4.77. The molecule has 1 aromatic rings. The number of nitrogens with zero attached hydrogens (tertiary/aromatic N) is 1. The monoisotopic (exact) mass is 232 g/mol. The van der Waals surface area contributed by atoms with Gasteiger partial charge >= 0.3 is 13.3 Å². The van der Waals surface area contributed by atoms with Crippen LogP contribution in [0, 0.1) is 0 Å². The molecule has 0 atom stereocenters. The van der Waals surface area contributed by atoms with Gasteiger partial charge in [-0.1, -0.05) is 12.1 Å². The Kier molecular flexibility index (Phi) is 3.56. The highest BCUT2D eigenvalue weighted by Crippen LogP contribution is 2.30. The van der Waals surface area contributed by atoms with Gasteiger partial charge in [0.25, 0.3) is 0 Å². The fraction of sp³-hybridized carbons (Fsp3) is 0.125. The van der Waals surface area contributed by atoms with Crippen LogP contribution in [0.2, 0.25) is 0 Å². The molecule has 0 radical (unpaired) electrons. The first-order valence-corrected chi connectivity index (χ1v) is 4.17. The van der Waals surface area contributed by atoms with E-state index in [4.69, 9.17) is 15.9 Å². The first kappa shape index (κ1) is 12.5. The average molecular weight is 232 g/mol. The second-order valence-electron chi connectivity index (χ2n) is 3.00. The lowest BCUT2D eigenvalue weighted by Crippen LogP contribution is -2.31. The van der Waals surface area contributed by atoms with Crippen molar-refractivity contribution in [2.45, 2.75) is 6.18 Å². The second kappa shape index (κ2) is 4.54. The van der Waals surface area contributed by atoms with Crippen molar-refractivity contribution in [2.75, 3.05) is 0 Å². The summed E-state index contributed by atoms with van der Waals surface area (Å²) >= 11 is 0. The molecule has 0 amide bonds. The van der Waals surface area contributed by atoms with E-state index in [1.54, 1.807) is 0 Å². The van der Waals surface area contributed by atoms with Crippen LogP contribution < -0.4 is 11.3 Å². The fourth-order valence-corrected chi connectivity index (χ4v) is 1.17. The Balaban J connectivity index is 3.33. The molecule has 1 aromatic carbocycles. The van der Waals surface area contributed by atoms with Crippen LogP contribution in [0.1, 0.15) is 11.1 Å². The summed E-state index contributed by atoms with van der Waals surface area (Å²) in [5.41, 5.74) is -1.51. The number of benzene rings is 1. The predicted molar refractivity (Wildman–Crippen MR) is 53.1 cm³/mol. The highest BCUT2D eigenvalue weighted by atomic mass is 19.4. The van der Waals surface area contributed by atoms with Crippen molar-refractivity contribution in [3.05, 3.63) is 29.3 Å². The average Bonchev–Trinajstić information content (AvgIpc) is 2.16. The van der Waals surface area contributed by atoms with E-state index in [2.05, 4.69) is 5.10 Å². The summed E-state index contributed by atoms with van der Waals surface area (Å²) in [5, 5.41) is 20.5. The zero-order chi connectivity index (χ0) is 12.3. The molecule has 8 heteroatoms. The molecule has 0 saturated heterocycles. The smallest absolute Gasteiger partial charge is 0.423 e. The maximum absolute atomic E-state index is 12.5. The van der Waals surface area contributed by atoms with E-state index in [1.807, 2.05) is 0 Å². The molecule has 0 unspecified atom stereocenters. The SMILES string of the molecule is NN=Cc1ccc(B(O)O)cc1C(F)(F)F. The number of hydrogen-bond donors (Lipinski definition) is 3. The van der Waals surface area contributed by atoms with Crippen molar-refractivity contribution in [2.24, 2.45) is 10.9 Å². The van der Waals surface area contributed by atoms with Gasteiger partial charge in [0.05, 0.1) is 11.8 Å². The highest BCUT2D eigenvalue weighted by Gasteiger charge is 2.34. The van der Waals surface area contributed by atoms with Gasteiger partial charge in [-0.05, 0) is 11.5 Å². The standard InChI is InChI=1S/C8H8BF3N2O2/c10-8(11,12)7-3-6(9(15)16)2-1-5(7)4-14-13/h1-4,15-16H,13H2. The zero-order valence-corrected chi connectivity index (χ0v) is 7.94. The molecule has 4 nitrogen and oxygen atoms in total. The molecule has 0 fully saturated rings. The van der Waals surface area contributed by atoms with E-state index < -0.39 is 18.9 Å². The molecule has 0 bridgehead atoms. The summed E-state index contributed by atoms with van der Waals surface area (Å²) in [6.07, 6.45) is -3.77. The van der Waals surface area contributed by atoms with Gasteiger partial charge < -0.3 is 15.9 Å². The third kappa shape index (κ3) is 2.74. The van der Waals surface area contributed by atoms with E-state index in [1.165, 1.54) is 0 Å². The molecule has 0 aliphatic carbocycles. The van der Waals surface area contributed by atoms with Gasteiger partial charge in [-0.2, -0.15) is 18.3 Å². The van der Waals surface area contributed by atoms with Crippen molar-refractivity contribution in [1.82, 2.24) is 0 Å². The molecule has 0 aliphatic rings. The van der Waals surface area contributed by atoms with Crippen molar-refractivity contribution in [3.8, 4) is 0 Å². The van der Waals surface area contributed by atoms with Crippen molar-refractivity contribution in [1.29, 1.82) is 0 Å². The van der Waals surface area contributed by atoms with Crippen LogP contribution in [0.15, 0.2) is 23.3 Å². The van der Waals surface area contributed by atoms with Crippen LogP contribution in [0.5, 0.6) is 0 Å². The molecule has 86 valence electrons. The minimum atomic E-state index is -4.61. The summed E-state index contributed by atoms with van der Waals surface area (Å²) in [4.78, 5) is 0. The molecule has 16 heavy (non-hydrogen) atoms. The Bertz CT molecular complexity index is 407. The van der Waals surface area contributed by atoms with Crippen molar-refractivity contribution < 1.29 is 23.2 Å². The lowest BCUT2D eigenvalue weighted by atomic mass is 9.79. The van der Waals surface area contributed by atoms with Crippen LogP contribution >= 0.6 is 0 Å². The normalized spacial score (nSPS) is 12.1. The third-order valence-corrected chi connectivity index (χ3v) is 1.89. The summed E-state index contributed by atoms with van der Waals surface area (Å²) in [7, 11) is -1.95. The molecular formula is C8H8BF3N2O2. The Morgan fingerprint density at radius 2 is 1.94 bits per heavy atom. The minimum absolute atomic E-state index is 0.237. The van der Waals surface area contributed by atoms with Gasteiger partial charge in [-0.3, -0.25) is 0 Å². The Labute approximate surface area is 89.3 Å². The number of hydrazone groups is 1. The summed E-state index contributed by atoms with van der Waals surface area (Å²) in [6.45, 7) is 0. The van der Waals surface area contributed by atoms with E-state index in [0.717, 1.165) is 18.3 Å². The highest BCUT2D eigenvalue weighted by molar-refractivity contribution is 6.58. The number of rotatable bonds is 2. The zero-order valence-electron chi connectivity index (χ0n) is 7.94. The topological polar surface area (TPSA) is 78.8 Å². The second-order valence-corrected chi connectivity index (χ2v) is 3.00. The predicted octanol–water partition coefficient (Wildman–Crippen LogP) is -0.322. The van der Waals surface area contributed by atoms with Crippen LogP contribution in [-0.2, 0) is 6.18 Å². The maximum Gasteiger partial charge on any atom is 0.488 e. The number of hydrogen-bond acceptors (Lipinski definition) is 4. The van der Waals surface area contributed by atoms with Gasteiger partial charge in [-0.15, -0.1) is 0 Å². The molecule has 0 saturated carbocycles. The molecule has 1 rings (SSSR count). The molecule has 0 spiro atoms. The first-order chi connectivity index (χ1) is 7.36. The van der Waals surface area contributed by atoms with E-state index in [9.17, 15) is 13.2 Å². The van der Waals surface area contributed by atoms with Crippen molar-refractivity contribution >= 4 is 18.8 Å². The van der Waals surface area contributed by atoms with Crippen LogP contribution in [0.4, 0.5) is 13.2 Å². The Morgan fingerprint density at radius 1 is 1.31 bits per heavy atom. The lowest BCUT2D eigenvalue weighted by Gasteiger charge is -2.11.